The minimum Gasteiger partial charge on any atom is -0.494 e. The second kappa shape index (κ2) is 9.21. The van der Waals surface area contributed by atoms with Gasteiger partial charge in [-0.2, -0.15) is 0 Å². The third-order valence-corrected chi connectivity index (χ3v) is 4.97. The van der Waals surface area contributed by atoms with Crippen LogP contribution in [0.1, 0.15) is 12.5 Å². The van der Waals surface area contributed by atoms with E-state index in [-0.39, 0.29) is 59.0 Å². The molecule has 2 heterocycles. The van der Waals surface area contributed by atoms with Crippen LogP contribution >= 0.6 is 0 Å². The second-order valence-corrected chi connectivity index (χ2v) is 7.54. The van der Waals surface area contributed by atoms with Gasteiger partial charge in [0.05, 0.1) is 24.1 Å². The van der Waals surface area contributed by atoms with Crippen LogP contribution in [0.4, 0.5) is 20.3 Å². The Bertz CT molecular complexity index is 1290. The molecule has 33 heavy (non-hydrogen) atoms. The van der Waals surface area contributed by atoms with Gasteiger partial charge in [-0.25, -0.2) is 18.7 Å². The van der Waals surface area contributed by atoms with Gasteiger partial charge in [0.2, 0.25) is 11.8 Å². The summed E-state index contributed by atoms with van der Waals surface area (Å²) in [5.41, 5.74) is 1.22. The molecule has 10 heteroatoms. The average molecular weight is 453 g/mol. The highest BCUT2D eigenvalue weighted by Crippen LogP contribution is 2.34. The van der Waals surface area contributed by atoms with E-state index in [1.54, 1.807) is 31.2 Å². The Kier molecular flexibility index (Phi) is 6.18. The molecule has 0 saturated carbocycles. The molecule has 0 fully saturated rings. The number of aromatic hydroxyl groups is 1. The maximum absolute atomic E-state index is 14.3. The molecule has 4 aromatic rings. The molecule has 2 aromatic carbocycles. The summed E-state index contributed by atoms with van der Waals surface area (Å²) in [6, 6.07) is 10.0. The highest BCUT2D eigenvalue weighted by Gasteiger charge is 2.19. The highest BCUT2D eigenvalue weighted by atomic mass is 19.1. The summed E-state index contributed by atoms with van der Waals surface area (Å²) < 4.78 is 28.6. The van der Waals surface area contributed by atoms with Gasteiger partial charge < -0.3 is 25.8 Å². The van der Waals surface area contributed by atoms with Crippen molar-refractivity contribution in [3.05, 3.63) is 65.9 Å². The number of halogens is 2. The normalized spacial score (nSPS) is 12.0. The number of anilines is 2. The van der Waals surface area contributed by atoms with Crippen molar-refractivity contribution in [1.82, 2.24) is 20.3 Å². The van der Waals surface area contributed by atoms with Gasteiger partial charge in [-0.3, -0.25) is 4.79 Å². The molecular weight excluding hydrogens is 432 g/mol. The summed E-state index contributed by atoms with van der Waals surface area (Å²) in [5.74, 6) is -2.05. The van der Waals surface area contributed by atoms with Crippen molar-refractivity contribution in [3.8, 4) is 17.3 Å². The van der Waals surface area contributed by atoms with Crippen molar-refractivity contribution in [2.75, 3.05) is 11.9 Å². The number of H-pyrrole nitrogens is 1. The van der Waals surface area contributed by atoms with Gasteiger partial charge in [-0.15, -0.1) is 0 Å². The minimum absolute atomic E-state index is 0.137. The first-order chi connectivity index (χ1) is 15.9. The first-order valence-corrected chi connectivity index (χ1v) is 10.1. The maximum atomic E-state index is 14.3. The number of amides is 1. The minimum atomic E-state index is -0.807. The van der Waals surface area contributed by atoms with Gasteiger partial charge in [0.1, 0.15) is 22.8 Å². The summed E-state index contributed by atoms with van der Waals surface area (Å²) in [6.45, 7) is 1.55. The topological polar surface area (TPSA) is 123 Å². The zero-order valence-electron chi connectivity index (χ0n) is 17.6. The van der Waals surface area contributed by atoms with Crippen LogP contribution in [-0.4, -0.2) is 43.7 Å². The van der Waals surface area contributed by atoms with Gasteiger partial charge in [-0.05, 0) is 36.8 Å². The van der Waals surface area contributed by atoms with E-state index in [1.807, 2.05) is 0 Å². The van der Waals surface area contributed by atoms with Gasteiger partial charge in [-0.1, -0.05) is 18.2 Å². The zero-order chi connectivity index (χ0) is 23.5. The van der Waals surface area contributed by atoms with E-state index in [2.05, 4.69) is 25.6 Å². The van der Waals surface area contributed by atoms with Crippen molar-refractivity contribution in [2.45, 2.75) is 19.4 Å². The van der Waals surface area contributed by atoms with Crippen molar-refractivity contribution < 1.29 is 23.8 Å². The first-order valence-electron chi connectivity index (χ1n) is 10.1. The van der Waals surface area contributed by atoms with Crippen molar-refractivity contribution in [2.24, 2.45) is 0 Å². The third kappa shape index (κ3) is 4.75. The number of hydrogen-bond acceptors (Lipinski definition) is 6. The molecule has 1 unspecified atom stereocenters. The van der Waals surface area contributed by atoms with Crippen molar-refractivity contribution in [3.63, 3.8) is 0 Å². The summed E-state index contributed by atoms with van der Waals surface area (Å²) in [7, 11) is 0. The fourth-order valence-corrected chi connectivity index (χ4v) is 3.34. The molecule has 5 N–H and O–H groups in total. The lowest BCUT2D eigenvalue weighted by Crippen LogP contribution is -2.35. The fourth-order valence-electron chi connectivity index (χ4n) is 3.34. The van der Waals surface area contributed by atoms with E-state index in [1.165, 1.54) is 12.3 Å². The van der Waals surface area contributed by atoms with Gasteiger partial charge >= 0.3 is 0 Å². The number of fused-ring (bicyclic) bond motifs is 1. The van der Waals surface area contributed by atoms with Gasteiger partial charge in [0.15, 0.2) is 5.82 Å². The van der Waals surface area contributed by atoms with E-state index in [4.69, 9.17) is 5.11 Å². The predicted octanol–water partition coefficient (Wildman–Crippen LogP) is 3.39. The molecule has 4 rings (SSSR count). The highest BCUT2D eigenvalue weighted by molar-refractivity contribution is 5.96. The summed E-state index contributed by atoms with van der Waals surface area (Å²) in [4.78, 5) is 23.1. The number of aromatic amines is 1. The third-order valence-electron chi connectivity index (χ3n) is 4.97. The predicted molar refractivity (Wildman–Crippen MR) is 119 cm³/mol. The number of benzene rings is 2. The van der Waals surface area contributed by atoms with Crippen LogP contribution in [0.3, 0.4) is 0 Å². The zero-order valence-corrected chi connectivity index (χ0v) is 17.6. The Balaban J connectivity index is 1.63. The monoisotopic (exact) mass is 453 g/mol. The SMILES string of the molecule is CC(CO)NC(=O)Cc1ccc(Nc2nc(-c3c(F)cccc3F)nc3c[nH]c(O)c23)cc1. The number of rotatable bonds is 7. The molecule has 0 aliphatic heterocycles. The molecule has 170 valence electrons. The molecule has 0 spiro atoms. The molecule has 1 atom stereocenters. The average Bonchev–Trinajstić information content (AvgIpc) is 3.16. The molecule has 0 saturated heterocycles. The number of aromatic nitrogens is 3. The second-order valence-electron chi connectivity index (χ2n) is 7.54. The summed E-state index contributed by atoms with van der Waals surface area (Å²) in [6.07, 6.45) is 1.55. The van der Waals surface area contributed by atoms with E-state index in [9.17, 15) is 18.7 Å². The van der Waals surface area contributed by atoms with Crippen LogP contribution in [-0.2, 0) is 11.2 Å². The number of carbonyl (C=O) groups excluding carboxylic acids is 1. The molecule has 0 aliphatic rings. The van der Waals surface area contributed by atoms with E-state index in [0.29, 0.717) is 5.69 Å². The molecule has 0 radical (unpaired) electrons. The van der Waals surface area contributed by atoms with E-state index >= 15 is 0 Å². The number of nitrogens with zero attached hydrogens (tertiary/aromatic N) is 2. The van der Waals surface area contributed by atoms with E-state index in [0.717, 1.165) is 17.7 Å². The largest absolute Gasteiger partial charge is 0.494 e. The summed E-state index contributed by atoms with van der Waals surface area (Å²) in [5, 5.41) is 25.2. The lowest BCUT2D eigenvalue weighted by molar-refractivity contribution is -0.121. The lowest BCUT2D eigenvalue weighted by Gasteiger charge is -2.12. The molecule has 8 nitrogen and oxygen atoms in total. The molecule has 2 aromatic heterocycles. The van der Waals surface area contributed by atoms with Crippen LogP contribution in [0.2, 0.25) is 0 Å². The summed E-state index contributed by atoms with van der Waals surface area (Å²) >= 11 is 0. The maximum Gasteiger partial charge on any atom is 0.224 e. The Morgan fingerprint density at radius 1 is 1.12 bits per heavy atom. The number of nitrogens with one attached hydrogen (secondary N) is 3. The lowest BCUT2D eigenvalue weighted by atomic mass is 10.1. The molecule has 1 amide bonds. The van der Waals surface area contributed by atoms with E-state index < -0.39 is 11.6 Å². The smallest absolute Gasteiger partial charge is 0.224 e. The van der Waals surface area contributed by atoms with Crippen LogP contribution in [0, 0.1) is 11.6 Å². The molecule has 0 aliphatic carbocycles. The van der Waals surface area contributed by atoms with Crippen molar-refractivity contribution >= 4 is 28.3 Å². The first kappa shape index (κ1) is 22.2. The van der Waals surface area contributed by atoms with Gasteiger partial charge in [0.25, 0.3) is 0 Å². The Morgan fingerprint density at radius 3 is 2.48 bits per heavy atom. The Hall–Kier alpha value is -4.05. The number of aliphatic hydroxyl groups is 1. The molecular formula is C23H21F2N5O3. The number of carbonyl (C=O) groups is 1. The van der Waals surface area contributed by atoms with Crippen LogP contribution < -0.4 is 10.6 Å². The van der Waals surface area contributed by atoms with Crippen LogP contribution in [0.25, 0.3) is 22.3 Å². The van der Waals surface area contributed by atoms with Gasteiger partial charge in [0, 0.05) is 17.9 Å². The number of aliphatic hydroxyl groups excluding tert-OH is 1. The molecule has 0 bridgehead atoms. The van der Waals surface area contributed by atoms with Crippen molar-refractivity contribution in [1.29, 1.82) is 0 Å². The quantitative estimate of drug-likeness (QED) is 0.292. The fraction of sp³-hybridized carbons (Fsp3) is 0.174. The van der Waals surface area contributed by atoms with Crippen LogP contribution in [0.15, 0.2) is 48.7 Å². The Morgan fingerprint density at radius 2 is 1.82 bits per heavy atom. The Labute approximate surface area is 187 Å². The number of hydrogen-bond donors (Lipinski definition) is 5. The standard InChI is InChI=1S/C23H21F2N5O3/c1-12(11-31)27-18(32)9-13-5-7-14(8-6-13)28-22-20-17(10-26-23(20)33)29-21(30-22)19-15(24)3-2-4-16(19)25/h2-8,10,12,26,31,33H,9,11H2,1H3,(H,27,32)(H,28,29,30). The van der Waals surface area contributed by atoms with Crippen LogP contribution in [0.5, 0.6) is 5.88 Å².